The van der Waals surface area contributed by atoms with E-state index < -0.39 is 0 Å². The Kier molecular flexibility index (Phi) is 4.86. The van der Waals surface area contributed by atoms with Crippen LogP contribution in [0.3, 0.4) is 0 Å². The number of hydrogen-bond acceptors (Lipinski definition) is 7. The molecule has 0 aromatic carbocycles. The number of anilines is 2. The Labute approximate surface area is 124 Å². The van der Waals surface area contributed by atoms with Gasteiger partial charge in [-0.15, -0.1) is 0 Å². The average molecular weight is 288 g/mol. The van der Waals surface area contributed by atoms with E-state index in [1.807, 2.05) is 44.0 Å². The molecule has 7 nitrogen and oxygen atoms in total. The maximum Gasteiger partial charge on any atom is 0.322 e. The van der Waals surface area contributed by atoms with Gasteiger partial charge in [0.05, 0.1) is 19.3 Å². The minimum absolute atomic E-state index is 0.292. The molecule has 112 valence electrons. The zero-order valence-electron chi connectivity index (χ0n) is 12.8. The summed E-state index contributed by atoms with van der Waals surface area (Å²) in [6, 6.07) is 6.23. The second kappa shape index (κ2) is 6.83. The first-order chi connectivity index (χ1) is 10.1. The van der Waals surface area contributed by atoms with E-state index in [1.54, 1.807) is 0 Å². The van der Waals surface area contributed by atoms with Gasteiger partial charge in [0.1, 0.15) is 0 Å². The van der Waals surface area contributed by atoms with Crippen LogP contribution < -0.4 is 15.0 Å². The topological polar surface area (TPSA) is 76.1 Å². The minimum Gasteiger partial charge on any atom is -0.467 e. The summed E-state index contributed by atoms with van der Waals surface area (Å²) in [4.78, 5) is 19.2. The van der Waals surface area contributed by atoms with Crippen LogP contribution in [0.2, 0.25) is 0 Å². The lowest BCUT2D eigenvalue weighted by Crippen LogP contribution is -2.21. The number of aryl methyl sites for hydroxylation is 1. The van der Waals surface area contributed by atoms with E-state index in [-0.39, 0.29) is 0 Å². The summed E-state index contributed by atoms with van der Waals surface area (Å²) >= 11 is 0. The third-order valence-corrected chi connectivity index (χ3v) is 2.81. The van der Waals surface area contributed by atoms with Gasteiger partial charge in [-0.25, -0.2) is 0 Å². The Hall–Kier alpha value is -2.44. The second-order valence-corrected chi connectivity index (χ2v) is 4.60. The molecule has 0 saturated heterocycles. The van der Waals surface area contributed by atoms with Gasteiger partial charge >= 0.3 is 6.01 Å². The molecule has 0 fully saturated rings. The average Bonchev–Trinajstić information content (AvgIpc) is 2.47. The second-order valence-electron chi connectivity index (χ2n) is 4.60. The molecule has 0 unspecified atom stereocenters. The predicted molar refractivity (Wildman–Crippen MR) is 81.6 cm³/mol. The fourth-order valence-electron chi connectivity index (χ4n) is 1.85. The molecule has 0 aliphatic heterocycles. The molecule has 0 aliphatic carbocycles. The molecule has 0 atom stereocenters. The molecule has 0 saturated carbocycles. The number of ether oxygens (including phenoxy) is 1. The van der Waals surface area contributed by atoms with Crippen LogP contribution in [0.5, 0.6) is 6.01 Å². The van der Waals surface area contributed by atoms with Crippen molar-refractivity contribution in [2.75, 3.05) is 30.9 Å². The SMILES string of the molecule is CCNc1nc(OC)nc(N(C)Cc2cccc(C)n2)n1. The summed E-state index contributed by atoms with van der Waals surface area (Å²) in [5, 5.41) is 3.07. The van der Waals surface area contributed by atoms with Crippen molar-refractivity contribution in [1.82, 2.24) is 19.9 Å². The zero-order chi connectivity index (χ0) is 15.2. The first-order valence-electron chi connectivity index (χ1n) is 6.80. The number of nitrogens with zero attached hydrogens (tertiary/aromatic N) is 5. The molecule has 2 aromatic rings. The van der Waals surface area contributed by atoms with Crippen LogP contribution in [0.4, 0.5) is 11.9 Å². The summed E-state index contributed by atoms with van der Waals surface area (Å²) in [6.45, 7) is 5.30. The molecular weight excluding hydrogens is 268 g/mol. The molecule has 0 bridgehead atoms. The van der Waals surface area contributed by atoms with Crippen LogP contribution in [0.25, 0.3) is 0 Å². The first-order valence-corrected chi connectivity index (χ1v) is 6.80. The minimum atomic E-state index is 0.292. The van der Waals surface area contributed by atoms with E-state index in [1.165, 1.54) is 7.11 Å². The van der Waals surface area contributed by atoms with Crippen molar-refractivity contribution in [2.24, 2.45) is 0 Å². The van der Waals surface area contributed by atoms with Crippen molar-refractivity contribution in [3.8, 4) is 6.01 Å². The van der Waals surface area contributed by atoms with Gasteiger partial charge < -0.3 is 15.0 Å². The quantitative estimate of drug-likeness (QED) is 0.866. The number of nitrogens with one attached hydrogen (secondary N) is 1. The zero-order valence-corrected chi connectivity index (χ0v) is 12.8. The summed E-state index contributed by atoms with van der Waals surface area (Å²) < 4.78 is 5.12. The monoisotopic (exact) mass is 288 g/mol. The number of rotatable bonds is 6. The summed E-state index contributed by atoms with van der Waals surface area (Å²) in [5.41, 5.74) is 1.95. The van der Waals surface area contributed by atoms with E-state index >= 15 is 0 Å². The highest BCUT2D eigenvalue weighted by Gasteiger charge is 2.11. The van der Waals surface area contributed by atoms with Crippen LogP contribution in [0, 0.1) is 6.92 Å². The molecule has 0 radical (unpaired) electrons. The van der Waals surface area contributed by atoms with E-state index in [9.17, 15) is 0 Å². The van der Waals surface area contributed by atoms with Crippen LogP contribution >= 0.6 is 0 Å². The summed E-state index contributed by atoms with van der Waals surface area (Å²) in [6.07, 6.45) is 0. The predicted octanol–water partition coefficient (Wildman–Crippen LogP) is 1.65. The first kappa shape index (κ1) is 15.0. The molecule has 0 amide bonds. The number of aromatic nitrogens is 4. The van der Waals surface area contributed by atoms with Gasteiger partial charge in [0.2, 0.25) is 11.9 Å². The highest BCUT2D eigenvalue weighted by atomic mass is 16.5. The summed E-state index contributed by atoms with van der Waals surface area (Å²) in [7, 11) is 3.45. The van der Waals surface area contributed by atoms with Gasteiger partial charge in [-0.3, -0.25) is 4.98 Å². The Morgan fingerprint density at radius 3 is 2.67 bits per heavy atom. The molecule has 2 heterocycles. The van der Waals surface area contributed by atoms with Crippen molar-refractivity contribution in [2.45, 2.75) is 20.4 Å². The highest BCUT2D eigenvalue weighted by molar-refractivity contribution is 5.38. The Morgan fingerprint density at radius 1 is 1.19 bits per heavy atom. The fourth-order valence-corrected chi connectivity index (χ4v) is 1.85. The van der Waals surface area contributed by atoms with Crippen molar-refractivity contribution in [3.05, 3.63) is 29.6 Å². The van der Waals surface area contributed by atoms with Gasteiger partial charge in [0.15, 0.2) is 0 Å². The van der Waals surface area contributed by atoms with Crippen molar-refractivity contribution >= 4 is 11.9 Å². The standard InChI is InChI=1S/C14H20N6O/c1-5-15-12-17-13(19-14(18-12)21-4)20(3)9-11-8-6-7-10(2)16-11/h6-8H,5,9H2,1-4H3,(H,15,17,18,19). The van der Waals surface area contributed by atoms with Crippen LogP contribution in [-0.2, 0) is 6.54 Å². The third kappa shape index (κ3) is 4.01. The van der Waals surface area contributed by atoms with Gasteiger partial charge in [-0.2, -0.15) is 15.0 Å². The van der Waals surface area contributed by atoms with Crippen LogP contribution in [0.15, 0.2) is 18.2 Å². The van der Waals surface area contributed by atoms with E-state index in [0.717, 1.165) is 17.9 Å². The highest BCUT2D eigenvalue weighted by Crippen LogP contribution is 2.15. The lowest BCUT2D eigenvalue weighted by Gasteiger charge is -2.17. The van der Waals surface area contributed by atoms with Crippen molar-refractivity contribution in [3.63, 3.8) is 0 Å². The normalized spacial score (nSPS) is 10.3. The van der Waals surface area contributed by atoms with Crippen LogP contribution in [0.1, 0.15) is 18.3 Å². The largest absolute Gasteiger partial charge is 0.467 e. The Morgan fingerprint density at radius 2 is 2.00 bits per heavy atom. The number of pyridine rings is 1. The molecule has 0 spiro atoms. The van der Waals surface area contributed by atoms with Crippen LogP contribution in [-0.4, -0.2) is 40.6 Å². The molecule has 21 heavy (non-hydrogen) atoms. The smallest absolute Gasteiger partial charge is 0.322 e. The number of hydrogen-bond donors (Lipinski definition) is 1. The van der Waals surface area contributed by atoms with Gasteiger partial charge in [-0.1, -0.05) is 6.07 Å². The van der Waals surface area contributed by atoms with Gasteiger partial charge in [0, 0.05) is 19.3 Å². The van der Waals surface area contributed by atoms with E-state index in [0.29, 0.717) is 24.5 Å². The van der Waals surface area contributed by atoms with E-state index in [4.69, 9.17) is 4.74 Å². The van der Waals surface area contributed by atoms with Gasteiger partial charge in [-0.05, 0) is 26.0 Å². The van der Waals surface area contributed by atoms with Crippen molar-refractivity contribution in [1.29, 1.82) is 0 Å². The Balaban J connectivity index is 2.21. The Bertz CT molecular complexity index is 604. The van der Waals surface area contributed by atoms with Gasteiger partial charge in [0.25, 0.3) is 0 Å². The maximum absolute atomic E-state index is 5.12. The lowest BCUT2D eigenvalue weighted by atomic mass is 10.3. The molecule has 2 rings (SSSR count). The molecular formula is C14H20N6O. The van der Waals surface area contributed by atoms with Crippen molar-refractivity contribution < 1.29 is 4.74 Å². The van der Waals surface area contributed by atoms with E-state index in [2.05, 4.69) is 25.3 Å². The molecule has 7 heteroatoms. The number of methoxy groups -OCH3 is 1. The summed E-state index contributed by atoms with van der Waals surface area (Å²) in [5.74, 6) is 1.05. The molecule has 2 aromatic heterocycles. The third-order valence-electron chi connectivity index (χ3n) is 2.81. The fraction of sp³-hybridized carbons (Fsp3) is 0.429. The molecule has 1 N–H and O–H groups in total. The maximum atomic E-state index is 5.12. The molecule has 0 aliphatic rings. The lowest BCUT2D eigenvalue weighted by molar-refractivity contribution is 0.379.